The van der Waals surface area contributed by atoms with Crippen LogP contribution < -0.4 is 9.47 Å². The fourth-order valence-corrected chi connectivity index (χ4v) is 2.60. The molecule has 0 aliphatic heterocycles. The number of methoxy groups -OCH3 is 2. The Hall–Kier alpha value is -0.985. The molecule has 1 rings (SSSR count). The average molecular weight is 276 g/mol. The molecule has 0 spiro atoms. The van der Waals surface area contributed by atoms with Crippen molar-refractivity contribution >= 4 is 6.91 Å². The van der Waals surface area contributed by atoms with E-state index in [4.69, 9.17) is 9.47 Å². The summed E-state index contributed by atoms with van der Waals surface area (Å²) in [7, 11) is 3.41. The van der Waals surface area contributed by atoms with E-state index in [9.17, 15) is 0 Å². The first-order valence-corrected chi connectivity index (χ1v) is 8.03. The first-order chi connectivity index (χ1) is 9.83. The Morgan fingerprint density at radius 3 is 2.15 bits per heavy atom. The predicted octanol–water partition coefficient (Wildman–Crippen LogP) is 4.73. The Morgan fingerprint density at radius 1 is 0.900 bits per heavy atom. The van der Waals surface area contributed by atoms with E-state index in [1.165, 1.54) is 56.9 Å². The number of rotatable bonds is 11. The van der Waals surface area contributed by atoms with Gasteiger partial charge in [0.1, 0.15) is 0 Å². The van der Waals surface area contributed by atoms with Crippen LogP contribution in [0, 0.1) is 0 Å². The molecule has 0 aliphatic carbocycles. The standard InChI is InChI=1S/C17H29BO2/c1-4-5-6-7-8-9-10-11-12-15-13-14-18-17(20-3)16(15)19-2/h13-14H,4-12H2,1-3H3. The zero-order chi connectivity index (χ0) is 14.6. The third-order valence-electron chi connectivity index (χ3n) is 3.78. The summed E-state index contributed by atoms with van der Waals surface area (Å²) in [5.74, 6) is 2.94. The van der Waals surface area contributed by atoms with Crippen LogP contribution in [0.3, 0.4) is 0 Å². The van der Waals surface area contributed by atoms with E-state index in [2.05, 4.69) is 13.0 Å². The Kier molecular flexibility index (Phi) is 9.18. The second-order valence-corrected chi connectivity index (χ2v) is 5.38. The molecular weight excluding hydrogens is 247 g/mol. The molecule has 0 saturated heterocycles. The molecular formula is C17H29BO2. The van der Waals surface area contributed by atoms with Crippen molar-refractivity contribution in [3.63, 3.8) is 0 Å². The van der Waals surface area contributed by atoms with Crippen LogP contribution in [0.25, 0.3) is 0 Å². The van der Waals surface area contributed by atoms with Crippen LogP contribution in [0.1, 0.15) is 63.9 Å². The first-order valence-electron chi connectivity index (χ1n) is 8.03. The van der Waals surface area contributed by atoms with Gasteiger partial charge >= 0.3 is 117 Å². The number of aryl methyl sites for hydroxylation is 1. The van der Waals surface area contributed by atoms with E-state index in [1.807, 2.05) is 12.9 Å². The summed E-state index contributed by atoms with van der Waals surface area (Å²) in [6, 6.07) is 2.14. The van der Waals surface area contributed by atoms with Crippen LogP contribution in [0.2, 0.25) is 0 Å². The van der Waals surface area contributed by atoms with Crippen LogP contribution in [0.5, 0.6) is 11.4 Å². The molecule has 1 aromatic heterocycles. The fraction of sp³-hybridized carbons (Fsp3) is 0.706. The molecule has 0 unspecified atom stereocenters. The zero-order valence-corrected chi connectivity index (χ0v) is 13.4. The quantitative estimate of drug-likeness (QED) is 0.544. The summed E-state index contributed by atoms with van der Waals surface area (Å²) in [6.07, 6.45) is 11.9. The second kappa shape index (κ2) is 10.8. The second-order valence-electron chi connectivity index (χ2n) is 5.38. The van der Waals surface area contributed by atoms with Crippen LogP contribution in [-0.4, -0.2) is 21.1 Å². The molecule has 0 saturated carbocycles. The van der Waals surface area contributed by atoms with Gasteiger partial charge in [-0.05, 0) is 0 Å². The summed E-state index contributed by atoms with van der Waals surface area (Å²) in [6.45, 7) is 4.22. The van der Waals surface area contributed by atoms with Gasteiger partial charge < -0.3 is 0 Å². The molecule has 0 bridgehead atoms. The van der Waals surface area contributed by atoms with Crippen molar-refractivity contribution < 1.29 is 9.47 Å². The first kappa shape index (κ1) is 17.1. The van der Waals surface area contributed by atoms with Crippen molar-refractivity contribution in [2.75, 3.05) is 14.2 Å². The van der Waals surface area contributed by atoms with Crippen molar-refractivity contribution in [2.45, 2.75) is 64.7 Å². The third-order valence-corrected chi connectivity index (χ3v) is 3.78. The van der Waals surface area contributed by atoms with Crippen molar-refractivity contribution in [3.05, 3.63) is 17.6 Å². The molecule has 3 heteroatoms. The van der Waals surface area contributed by atoms with Gasteiger partial charge in [-0.15, -0.1) is 0 Å². The topological polar surface area (TPSA) is 18.5 Å². The molecule has 0 N–H and O–H groups in total. The molecule has 0 amide bonds. The van der Waals surface area contributed by atoms with Gasteiger partial charge in [-0.2, -0.15) is 0 Å². The zero-order valence-electron chi connectivity index (χ0n) is 13.4. The van der Waals surface area contributed by atoms with Crippen LogP contribution in [0.4, 0.5) is 0 Å². The molecule has 2 nitrogen and oxygen atoms in total. The third kappa shape index (κ3) is 5.98. The Labute approximate surface area is 125 Å². The van der Waals surface area contributed by atoms with E-state index >= 15 is 0 Å². The van der Waals surface area contributed by atoms with E-state index in [0.29, 0.717) is 0 Å². The van der Waals surface area contributed by atoms with Gasteiger partial charge in [0, 0.05) is 0 Å². The van der Waals surface area contributed by atoms with Gasteiger partial charge in [-0.1, -0.05) is 6.92 Å². The fourth-order valence-electron chi connectivity index (χ4n) is 2.60. The summed E-state index contributed by atoms with van der Waals surface area (Å²) in [5, 5.41) is 0. The summed E-state index contributed by atoms with van der Waals surface area (Å²) in [4.78, 5) is 0. The summed E-state index contributed by atoms with van der Waals surface area (Å²) >= 11 is 0. The van der Waals surface area contributed by atoms with Crippen molar-refractivity contribution in [1.29, 1.82) is 0 Å². The van der Waals surface area contributed by atoms with E-state index < -0.39 is 0 Å². The Morgan fingerprint density at radius 2 is 1.55 bits per heavy atom. The molecule has 0 aromatic carbocycles. The summed E-state index contributed by atoms with van der Waals surface area (Å²) in [5.41, 5.74) is 2.10. The molecule has 1 heterocycles. The van der Waals surface area contributed by atoms with Crippen LogP contribution >= 0.6 is 0 Å². The van der Waals surface area contributed by atoms with Crippen LogP contribution in [-0.2, 0) is 6.42 Å². The molecule has 20 heavy (non-hydrogen) atoms. The number of unbranched alkanes of at least 4 members (excludes halogenated alkanes) is 7. The SMILES string of the molecule is CCCCCCCCCCc1ccbc(OC)c1OC. The van der Waals surface area contributed by atoms with Gasteiger partial charge in [0.05, 0.1) is 0 Å². The van der Waals surface area contributed by atoms with E-state index in [0.717, 1.165) is 17.8 Å². The minimum absolute atomic E-state index is 0.838. The van der Waals surface area contributed by atoms with Gasteiger partial charge in [-0.25, -0.2) is 0 Å². The summed E-state index contributed by atoms with van der Waals surface area (Å²) < 4.78 is 10.8. The van der Waals surface area contributed by atoms with E-state index in [1.54, 1.807) is 14.2 Å². The Bertz CT molecular complexity index is 366. The van der Waals surface area contributed by atoms with Gasteiger partial charge in [0.25, 0.3) is 0 Å². The molecule has 0 fully saturated rings. The predicted molar refractivity (Wildman–Crippen MR) is 87.2 cm³/mol. The maximum absolute atomic E-state index is 5.46. The number of hydrogen-bond acceptors (Lipinski definition) is 2. The van der Waals surface area contributed by atoms with Crippen molar-refractivity contribution in [2.24, 2.45) is 0 Å². The molecule has 1 aromatic rings. The van der Waals surface area contributed by atoms with E-state index in [-0.39, 0.29) is 0 Å². The monoisotopic (exact) mass is 276 g/mol. The molecule has 0 radical (unpaired) electrons. The molecule has 0 atom stereocenters. The Balaban J connectivity index is 2.25. The van der Waals surface area contributed by atoms with Crippen molar-refractivity contribution in [1.82, 2.24) is 0 Å². The minimum atomic E-state index is 0.838. The number of ether oxygens (including phenoxy) is 2. The maximum atomic E-state index is 5.46. The average Bonchev–Trinajstić information content (AvgIpc) is 2.49. The van der Waals surface area contributed by atoms with Gasteiger partial charge in [0.15, 0.2) is 0 Å². The number of hydrogen-bond donors (Lipinski definition) is 0. The van der Waals surface area contributed by atoms with Gasteiger partial charge in [0.2, 0.25) is 0 Å². The van der Waals surface area contributed by atoms with Gasteiger partial charge in [-0.3, -0.25) is 0 Å². The normalized spacial score (nSPS) is 10.3. The molecule has 112 valence electrons. The van der Waals surface area contributed by atoms with Crippen molar-refractivity contribution in [3.8, 4) is 11.4 Å². The van der Waals surface area contributed by atoms with Crippen LogP contribution in [0.15, 0.2) is 12.0 Å². The molecule has 0 aliphatic rings.